The van der Waals surface area contributed by atoms with E-state index in [0.717, 1.165) is 44.9 Å². The fourth-order valence-electron chi connectivity index (χ4n) is 8.91. The van der Waals surface area contributed by atoms with Crippen molar-refractivity contribution in [3.63, 3.8) is 0 Å². The van der Waals surface area contributed by atoms with Crippen LogP contribution in [0, 0.1) is 52.3 Å². The van der Waals surface area contributed by atoms with Gasteiger partial charge in [0.25, 0.3) is 0 Å². The number of carbonyl (C=O) groups is 1. The van der Waals surface area contributed by atoms with Crippen LogP contribution in [0.4, 0.5) is 0 Å². The summed E-state index contributed by atoms with van der Waals surface area (Å²) in [6.07, 6.45) is 6.83. The Balaban J connectivity index is 1.56. The lowest BCUT2D eigenvalue weighted by Crippen LogP contribution is -2.62. The van der Waals surface area contributed by atoms with Gasteiger partial charge in [-0.3, -0.25) is 4.79 Å². The van der Waals surface area contributed by atoms with Crippen LogP contribution in [0.2, 0.25) is 0 Å². The topological polar surface area (TPSA) is 77.8 Å². The molecule has 0 bridgehead atoms. The number of aliphatic hydroxyl groups is 3. The molecule has 4 rings (SSSR count). The largest absolute Gasteiger partial charge is 0.393 e. The van der Waals surface area contributed by atoms with E-state index in [9.17, 15) is 20.1 Å². The highest BCUT2D eigenvalue weighted by Gasteiger charge is 2.65. The van der Waals surface area contributed by atoms with E-state index in [1.54, 1.807) is 0 Å². The van der Waals surface area contributed by atoms with Gasteiger partial charge in [-0.1, -0.05) is 34.6 Å². The fraction of sp³-hybridized carbons (Fsp3) is 0.963. The highest BCUT2D eigenvalue weighted by atomic mass is 16.3. The van der Waals surface area contributed by atoms with Gasteiger partial charge in [0.1, 0.15) is 5.78 Å². The summed E-state index contributed by atoms with van der Waals surface area (Å²) in [6, 6.07) is 0. The molecule has 0 aliphatic heterocycles. The number of Topliss-reactive ketones (excluding diaryl/α,β-unsaturated/α-hetero) is 1. The number of aliphatic hydroxyl groups excluding tert-OH is 3. The highest BCUT2D eigenvalue weighted by Crippen LogP contribution is 2.68. The standard InChI is InChI=1S/C27H46O4/c1-15(2)22(29)9-6-16(3)19-7-8-20-25-21(14-24(31)27(19,20)5)26(4)11-10-18(28)12-17(26)13-23(25)30/h15-17,19-25,29-31H,6-14H2,1-5H3/t16-,17+,19-,20+,21+,22?,23-,24+,25+,26+,27-/m1/s1. The van der Waals surface area contributed by atoms with Gasteiger partial charge in [-0.2, -0.15) is 0 Å². The van der Waals surface area contributed by atoms with Gasteiger partial charge in [0, 0.05) is 12.8 Å². The van der Waals surface area contributed by atoms with E-state index >= 15 is 0 Å². The molecule has 0 spiro atoms. The molecule has 4 saturated carbocycles. The van der Waals surface area contributed by atoms with Crippen molar-refractivity contribution >= 4 is 5.78 Å². The third-order valence-corrected chi connectivity index (χ3v) is 11.1. The Labute approximate surface area is 189 Å². The van der Waals surface area contributed by atoms with E-state index in [1.807, 2.05) is 0 Å². The summed E-state index contributed by atoms with van der Waals surface area (Å²) in [6.45, 7) is 11.1. The fourth-order valence-corrected chi connectivity index (χ4v) is 8.91. The third kappa shape index (κ3) is 3.73. The van der Waals surface area contributed by atoms with Gasteiger partial charge >= 0.3 is 0 Å². The average molecular weight is 435 g/mol. The number of carbonyl (C=O) groups excluding carboxylic acids is 1. The first kappa shape index (κ1) is 23.7. The van der Waals surface area contributed by atoms with Crippen molar-refractivity contribution in [2.24, 2.45) is 52.3 Å². The lowest BCUT2D eigenvalue weighted by atomic mass is 9.43. The first-order valence-electron chi connectivity index (χ1n) is 13.1. The maximum atomic E-state index is 12.1. The zero-order valence-electron chi connectivity index (χ0n) is 20.4. The van der Waals surface area contributed by atoms with Crippen LogP contribution in [0.15, 0.2) is 0 Å². The van der Waals surface area contributed by atoms with Crippen molar-refractivity contribution in [3.05, 3.63) is 0 Å². The molecule has 3 N–H and O–H groups in total. The van der Waals surface area contributed by atoms with Gasteiger partial charge in [0.15, 0.2) is 0 Å². The summed E-state index contributed by atoms with van der Waals surface area (Å²) in [5.74, 6) is 2.75. The van der Waals surface area contributed by atoms with Crippen molar-refractivity contribution in [2.75, 3.05) is 0 Å². The van der Waals surface area contributed by atoms with Crippen LogP contribution in [-0.2, 0) is 4.79 Å². The molecule has 4 heteroatoms. The van der Waals surface area contributed by atoms with Crippen molar-refractivity contribution < 1.29 is 20.1 Å². The third-order valence-electron chi connectivity index (χ3n) is 11.1. The Morgan fingerprint density at radius 2 is 1.74 bits per heavy atom. The maximum Gasteiger partial charge on any atom is 0.133 e. The van der Waals surface area contributed by atoms with Crippen LogP contribution in [0.1, 0.15) is 92.4 Å². The van der Waals surface area contributed by atoms with Crippen LogP contribution < -0.4 is 0 Å². The smallest absolute Gasteiger partial charge is 0.133 e. The molecule has 0 saturated heterocycles. The molecule has 4 nitrogen and oxygen atoms in total. The molecule has 0 aromatic rings. The minimum atomic E-state index is -0.345. The van der Waals surface area contributed by atoms with E-state index in [1.165, 1.54) is 0 Å². The number of fused-ring (bicyclic) bond motifs is 5. The Bertz CT molecular complexity index is 676. The average Bonchev–Trinajstić information content (AvgIpc) is 3.06. The summed E-state index contributed by atoms with van der Waals surface area (Å²) in [7, 11) is 0. The minimum absolute atomic E-state index is 0.0746. The molecular weight excluding hydrogens is 388 g/mol. The van der Waals surface area contributed by atoms with Crippen molar-refractivity contribution in [3.8, 4) is 0 Å². The first-order chi connectivity index (χ1) is 14.5. The minimum Gasteiger partial charge on any atom is -0.393 e. The molecule has 4 aliphatic carbocycles. The zero-order valence-corrected chi connectivity index (χ0v) is 20.4. The SMILES string of the molecule is CC(C)C(O)CC[C@@H](C)[C@H]1CC[C@H]2[C@@H]3[C@H](O)C[C@@H]4CC(=O)CC[C@]4(C)[C@H]3C[C@H](O)[C@]12C. The number of hydrogen-bond donors (Lipinski definition) is 3. The summed E-state index contributed by atoms with van der Waals surface area (Å²) < 4.78 is 0. The number of hydrogen-bond acceptors (Lipinski definition) is 4. The molecule has 4 fully saturated rings. The Hall–Kier alpha value is -0.450. The van der Waals surface area contributed by atoms with Crippen molar-refractivity contribution in [2.45, 2.75) is 111 Å². The van der Waals surface area contributed by atoms with Crippen LogP contribution in [0.3, 0.4) is 0 Å². The predicted octanol–water partition coefficient (Wildman–Crippen LogP) is 4.59. The molecular formula is C27H46O4. The van der Waals surface area contributed by atoms with E-state index in [-0.39, 0.29) is 46.9 Å². The maximum absolute atomic E-state index is 12.1. The molecule has 0 radical (unpaired) electrons. The van der Waals surface area contributed by atoms with Crippen LogP contribution in [-0.4, -0.2) is 39.4 Å². The molecule has 0 aromatic carbocycles. The van der Waals surface area contributed by atoms with Gasteiger partial charge in [0.05, 0.1) is 18.3 Å². The van der Waals surface area contributed by atoms with Crippen molar-refractivity contribution in [1.29, 1.82) is 0 Å². The normalized spacial score (nSPS) is 49.3. The number of ketones is 1. The lowest BCUT2D eigenvalue weighted by molar-refractivity contribution is -0.201. The quantitative estimate of drug-likeness (QED) is 0.591. The molecule has 1 unspecified atom stereocenters. The van der Waals surface area contributed by atoms with Gasteiger partial charge in [-0.05, 0) is 97.2 Å². The molecule has 178 valence electrons. The van der Waals surface area contributed by atoms with E-state index in [0.29, 0.717) is 42.3 Å². The second-order valence-corrected chi connectivity index (χ2v) is 12.7. The monoisotopic (exact) mass is 434 g/mol. The molecule has 4 aliphatic rings. The molecule has 11 atom stereocenters. The highest BCUT2D eigenvalue weighted by molar-refractivity contribution is 5.79. The van der Waals surface area contributed by atoms with Gasteiger partial charge in [-0.15, -0.1) is 0 Å². The second-order valence-electron chi connectivity index (χ2n) is 12.7. The Kier molecular flexibility index (Phi) is 6.42. The molecule has 0 heterocycles. The van der Waals surface area contributed by atoms with Crippen LogP contribution >= 0.6 is 0 Å². The van der Waals surface area contributed by atoms with Gasteiger partial charge in [-0.25, -0.2) is 0 Å². The molecule has 0 aromatic heterocycles. The Morgan fingerprint density at radius 1 is 1.03 bits per heavy atom. The summed E-state index contributed by atoms with van der Waals surface area (Å²) in [5.41, 5.74) is -0.0801. The summed E-state index contributed by atoms with van der Waals surface area (Å²) in [5, 5.41) is 33.2. The lowest BCUT2D eigenvalue weighted by Gasteiger charge is -2.63. The molecule has 31 heavy (non-hydrogen) atoms. The second kappa shape index (κ2) is 8.40. The van der Waals surface area contributed by atoms with E-state index in [4.69, 9.17) is 0 Å². The van der Waals surface area contributed by atoms with E-state index < -0.39 is 0 Å². The summed E-state index contributed by atoms with van der Waals surface area (Å²) >= 11 is 0. The molecule has 0 amide bonds. The Morgan fingerprint density at radius 3 is 2.42 bits per heavy atom. The van der Waals surface area contributed by atoms with Gasteiger partial charge < -0.3 is 15.3 Å². The van der Waals surface area contributed by atoms with Crippen LogP contribution in [0.5, 0.6) is 0 Å². The first-order valence-corrected chi connectivity index (χ1v) is 13.1. The predicted molar refractivity (Wildman–Crippen MR) is 122 cm³/mol. The van der Waals surface area contributed by atoms with E-state index in [2.05, 4.69) is 34.6 Å². The van der Waals surface area contributed by atoms with Gasteiger partial charge in [0.2, 0.25) is 0 Å². The van der Waals surface area contributed by atoms with Crippen LogP contribution in [0.25, 0.3) is 0 Å². The zero-order chi connectivity index (χ0) is 22.7. The summed E-state index contributed by atoms with van der Waals surface area (Å²) in [4.78, 5) is 12.1. The van der Waals surface area contributed by atoms with Crippen molar-refractivity contribution in [1.82, 2.24) is 0 Å². The number of rotatable bonds is 5.